The molecule has 0 aromatic carbocycles. The van der Waals surface area contributed by atoms with Crippen LogP contribution in [0.5, 0.6) is 0 Å². The van der Waals surface area contributed by atoms with Crippen molar-refractivity contribution in [3.05, 3.63) is 109 Å². The minimum atomic E-state index is 0.856. The molecule has 0 saturated heterocycles. The van der Waals surface area contributed by atoms with Gasteiger partial charge in [0.05, 0.1) is 0 Å². The molecule has 0 aromatic rings. The molecule has 0 heterocycles. The molecule has 1 aliphatic rings. The van der Waals surface area contributed by atoms with Gasteiger partial charge in [-0.2, -0.15) is 0 Å². The van der Waals surface area contributed by atoms with Crippen LogP contribution in [-0.4, -0.2) is 0 Å². The first kappa shape index (κ1) is 15.7. The quantitative estimate of drug-likeness (QED) is 0.510. The van der Waals surface area contributed by atoms with Gasteiger partial charge in [-0.15, -0.1) is 0 Å². The Bertz CT molecular complexity index is 528. The molecule has 0 fully saturated rings. The number of rotatable bonds is 7. The minimum absolute atomic E-state index is 0.856. The highest BCUT2D eigenvalue weighted by Crippen LogP contribution is 2.12. The van der Waals surface area contributed by atoms with Crippen LogP contribution < -0.4 is 0 Å². The first-order chi connectivity index (χ1) is 9.80. The summed E-state index contributed by atoms with van der Waals surface area (Å²) < 4.78 is 0. The molecule has 0 saturated carbocycles. The molecule has 0 radical (unpaired) electrons. The highest BCUT2D eigenvalue weighted by Gasteiger charge is 1.92. The monoisotopic (exact) mass is 262 g/mol. The number of hydrogen-bond donors (Lipinski definition) is 0. The lowest BCUT2D eigenvalue weighted by atomic mass is 10.1. The molecule has 0 aromatic heterocycles. The number of hydrogen-bond acceptors (Lipinski definition) is 0. The van der Waals surface area contributed by atoms with Crippen LogP contribution in [0.1, 0.15) is 12.8 Å². The zero-order chi connectivity index (χ0) is 14.6. The third kappa shape index (κ3) is 6.01. The molecule has 0 unspecified atom stereocenters. The Hall–Kier alpha value is -2.34. The summed E-state index contributed by atoms with van der Waals surface area (Å²) in [5.41, 5.74) is 3.53. The Morgan fingerprint density at radius 1 is 1.15 bits per heavy atom. The smallest absolute Gasteiger partial charge is 0.00943 e. The molecular formula is C20H22. The van der Waals surface area contributed by atoms with Crippen molar-refractivity contribution in [2.75, 3.05) is 0 Å². The second kappa shape index (κ2) is 9.57. The largest absolute Gasteiger partial charge is 0.0990 e. The van der Waals surface area contributed by atoms with Gasteiger partial charge in [-0.1, -0.05) is 92.6 Å². The Balaban J connectivity index is 2.63. The van der Waals surface area contributed by atoms with Crippen molar-refractivity contribution in [3.63, 3.8) is 0 Å². The summed E-state index contributed by atoms with van der Waals surface area (Å²) in [6, 6.07) is 0. The van der Waals surface area contributed by atoms with Gasteiger partial charge in [0.1, 0.15) is 0 Å². The van der Waals surface area contributed by atoms with Gasteiger partial charge in [0.2, 0.25) is 0 Å². The lowest BCUT2D eigenvalue weighted by Gasteiger charge is -2.00. The first-order valence-electron chi connectivity index (χ1n) is 6.77. The lowest BCUT2D eigenvalue weighted by Crippen LogP contribution is -1.80. The van der Waals surface area contributed by atoms with Crippen LogP contribution in [0, 0.1) is 0 Å². The summed E-state index contributed by atoms with van der Waals surface area (Å²) in [4.78, 5) is 0. The van der Waals surface area contributed by atoms with Crippen LogP contribution in [0.25, 0.3) is 0 Å². The highest BCUT2D eigenvalue weighted by molar-refractivity contribution is 5.39. The second-order valence-electron chi connectivity index (χ2n) is 4.40. The van der Waals surface area contributed by atoms with Crippen LogP contribution in [0.4, 0.5) is 0 Å². The SMILES string of the molecule is C=CC=C(C=C)C=C(C=C)CC=CC=C1C=CC=CC1. The fourth-order valence-electron chi connectivity index (χ4n) is 1.78. The maximum atomic E-state index is 3.85. The van der Waals surface area contributed by atoms with Gasteiger partial charge in [0, 0.05) is 0 Å². The third-order valence-electron chi connectivity index (χ3n) is 2.87. The van der Waals surface area contributed by atoms with Crippen molar-refractivity contribution in [2.45, 2.75) is 12.8 Å². The standard InChI is InChI=1S/C20H22/c1-4-12-18(5-2)17-19(6-3)13-10-11-16-20-14-8-7-9-15-20/h4-12,14,16-17H,1-3,13,15H2. The maximum absolute atomic E-state index is 3.85. The van der Waals surface area contributed by atoms with Crippen molar-refractivity contribution >= 4 is 0 Å². The van der Waals surface area contributed by atoms with E-state index in [-0.39, 0.29) is 0 Å². The van der Waals surface area contributed by atoms with Gasteiger partial charge in [-0.05, 0) is 29.6 Å². The van der Waals surface area contributed by atoms with Gasteiger partial charge >= 0.3 is 0 Å². The molecular weight excluding hydrogens is 240 g/mol. The second-order valence-corrected chi connectivity index (χ2v) is 4.40. The summed E-state index contributed by atoms with van der Waals surface area (Å²) >= 11 is 0. The molecule has 102 valence electrons. The van der Waals surface area contributed by atoms with Gasteiger partial charge in [-0.3, -0.25) is 0 Å². The molecule has 1 aliphatic carbocycles. The van der Waals surface area contributed by atoms with Gasteiger partial charge in [-0.25, -0.2) is 0 Å². The Morgan fingerprint density at radius 3 is 2.60 bits per heavy atom. The van der Waals surface area contributed by atoms with E-state index in [1.807, 2.05) is 18.2 Å². The highest BCUT2D eigenvalue weighted by atomic mass is 14.0. The normalized spacial score (nSPS) is 17.7. The molecule has 20 heavy (non-hydrogen) atoms. The van der Waals surface area contributed by atoms with Crippen LogP contribution >= 0.6 is 0 Å². The van der Waals surface area contributed by atoms with E-state index in [1.165, 1.54) is 5.57 Å². The summed E-state index contributed by atoms with van der Waals surface area (Å²) in [5, 5.41) is 0. The van der Waals surface area contributed by atoms with Crippen molar-refractivity contribution in [3.8, 4) is 0 Å². The number of allylic oxidation sites excluding steroid dienone is 15. The molecule has 0 bridgehead atoms. The maximum Gasteiger partial charge on any atom is -0.00943 e. The molecule has 0 spiro atoms. The van der Waals surface area contributed by atoms with E-state index < -0.39 is 0 Å². The van der Waals surface area contributed by atoms with Crippen LogP contribution in [0.15, 0.2) is 109 Å². The Labute approximate surface area is 122 Å². The Kier molecular flexibility index (Phi) is 7.52. The van der Waals surface area contributed by atoms with E-state index in [0.717, 1.165) is 24.0 Å². The zero-order valence-corrected chi connectivity index (χ0v) is 12.0. The summed E-state index contributed by atoms with van der Waals surface area (Å²) in [6.45, 7) is 11.3. The molecule has 0 atom stereocenters. The van der Waals surface area contributed by atoms with Gasteiger partial charge < -0.3 is 0 Å². The predicted molar refractivity (Wildman–Crippen MR) is 91.5 cm³/mol. The van der Waals surface area contributed by atoms with Crippen molar-refractivity contribution < 1.29 is 0 Å². The predicted octanol–water partition coefficient (Wildman–Crippen LogP) is 5.79. The van der Waals surface area contributed by atoms with Crippen LogP contribution in [0.3, 0.4) is 0 Å². The third-order valence-corrected chi connectivity index (χ3v) is 2.87. The summed E-state index contributed by atoms with van der Waals surface area (Å²) in [6.07, 6.45) is 26.1. The molecule has 0 nitrogen and oxygen atoms in total. The fraction of sp³-hybridized carbons (Fsp3) is 0.100. The molecule has 0 amide bonds. The first-order valence-corrected chi connectivity index (χ1v) is 6.77. The van der Waals surface area contributed by atoms with Crippen LogP contribution in [0.2, 0.25) is 0 Å². The lowest BCUT2D eigenvalue weighted by molar-refractivity contribution is 1.25. The van der Waals surface area contributed by atoms with E-state index >= 15 is 0 Å². The van der Waals surface area contributed by atoms with Crippen molar-refractivity contribution in [1.29, 1.82) is 0 Å². The van der Waals surface area contributed by atoms with E-state index in [9.17, 15) is 0 Å². The molecule has 0 N–H and O–H groups in total. The Morgan fingerprint density at radius 2 is 2.00 bits per heavy atom. The summed E-state index contributed by atoms with van der Waals surface area (Å²) in [7, 11) is 0. The topological polar surface area (TPSA) is 0 Å². The van der Waals surface area contributed by atoms with Crippen LogP contribution in [-0.2, 0) is 0 Å². The molecule has 0 heteroatoms. The van der Waals surface area contributed by atoms with Crippen molar-refractivity contribution in [2.24, 2.45) is 0 Å². The van der Waals surface area contributed by atoms with E-state index in [0.29, 0.717) is 0 Å². The minimum Gasteiger partial charge on any atom is -0.0990 e. The summed E-state index contributed by atoms with van der Waals surface area (Å²) in [5.74, 6) is 0. The van der Waals surface area contributed by atoms with E-state index in [4.69, 9.17) is 0 Å². The fourth-order valence-corrected chi connectivity index (χ4v) is 1.78. The van der Waals surface area contributed by atoms with Gasteiger partial charge in [0.15, 0.2) is 0 Å². The zero-order valence-electron chi connectivity index (χ0n) is 12.0. The van der Waals surface area contributed by atoms with E-state index in [1.54, 1.807) is 6.08 Å². The van der Waals surface area contributed by atoms with Crippen molar-refractivity contribution in [1.82, 2.24) is 0 Å². The average Bonchev–Trinajstić information content (AvgIpc) is 2.50. The molecule has 1 rings (SSSR count). The molecule has 0 aliphatic heterocycles. The van der Waals surface area contributed by atoms with E-state index in [2.05, 4.69) is 68.3 Å². The average molecular weight is 262 g/mol. The van der Waals surface area contributed by atoms with Gasteiger partial charge in [0.25, 0.3) is 0 Å².